The first-order valence-corrected chi connectivity index (χ1v) is 9.85. The number of aromatic amines is 1. The Balaban J connectivity index is 1.41. The highest BCUT2D eigenvalue weighted by atomic mass is 32.1. The van der Waals surface area contributed by atoms with E-state index in [0.717, 1.165) is 38.9 Å². The number of thiophene rings is 1. The van der Waals surface area contributed by atoms with Crippen molar-refractivity contribution in [1.29, 1.82) is 0 Å². The van der Waals surface area contributed by atoms with Gasteiger partial charge in [-0.25, -0.2) is 0 Å². The normalized spacial score (nSPS) is 23.6. The lowest BCUT2D eigenvalue weighted by molar-refractivity contribution is -0.140. The predicted octanol–water partition coefficient (Wildman–Crippen LogP) is 2.77. The number of carbonyl (C=O) groups excluding carboxylic acids is 2. The number of hydrogen-bond acceptors (Lipinski definition) is 3. The molecule has 2 fully saturated rings. The fraction of sp³-hybridized carbons (Fsp3) is 0.474. The molecule has 2 aliphatic heterocycles. The van der Waals surface area contributed by atoms with Crippen LogP contribution in [-0.2, 0) is 11.2 Å². The van der Waals surface area contributed by atoms with E-state index in [0.29, 0.717) is 18.0 Å². The largest absolute Gasteiger partial charge is 0.357 e. The zero-order valence-electron chi connectivity index (χ0n) is 14.2. The number of hydrogen-bond donors (Lipinski definition) is 1. The monoisotopic (exact) mass is 357 g/mol. The highest BCUT2D eigenvalue weighted by Crippen LogP contribution is 2.32. The van der Waals surface area contributed by atoms with Gasteiger partial charge in [0.25, 0.3) is 5.91 Å². The van der Waals surface area contributed by atoms with Gasteiger partial charge in [-0.15, -0.1) is 11.3 Å². The van der Waals surface area contributed by atoms with Crippen LogP contribution in [-0.4, -0.2) is 52.3 Å². The van der Waals surface area contributed by atoms with Gasteiger partial charge in [0.15, 0.2) is 0 Å². The van der Waals surface area contributed by atoms with Crippen LogP contribution in [0.3, 0.4) is 0 Å². The van der Waals surface area contributed by atoms with Crippen molar-refractivity contribution in [2.45, 2.75) is 31.7 Å². The summed E-state index contributed by atoms with van der Waals surface area (Å²) in [5.74, 6) is 0.751. The maximum Gasteiger partial charge on any atom is 0.270 e. The van der Waals surface area contributed by atoms with E-state index in [4.69, 9.17) is 0 Å². The van der Waals surface area contributed by atoms with Crippen molar-refractivity contribution < 1.29 is 9.59 Å². The quantitative estimate of drug-likeness (QED) is 0.915. The zero-order chi connectivity index (χ0) is 17.2. The molecule has 132 valence electrons. The van der Waals surface area contributed by atoms with E-state index < -0.39 is 0 Å². The Morgan fingerprint density at radius 2 is 2.20 bits per heavy atom. The number of aromatic nitrogens is 1. The van der Waals surface area contributed by atoms with Gasteiger partial charge in [0, 0.05) is 43.2 Å². The number of likely N-dealkylation sites (tertiary alicyclic amines) is 2. The molecular formula is C19H23N3O2S. The first-order valence-electron chi connectivity index (χ1n) is 8.97. The summed E-state index contributed by atoms with van der Waals surface area (Å²) < 4.78 is 0. The molecule has 0 aromatic carbocycles. The minimum absolute atomic E-state index is 0.0745. The summed E-state index contributed by atoms with van der Waals surface area (Å²) in [6.45, 7) is 2.28. The third-order valence-electron chi connectivity index (χ3n) is 5.44. The number of rotatable bonds is 4. The Kier molecular flexibility index (Phi) is 4.61. The number of amides is 2. The molecule has 1 N–H and O–H groups in total. The molecule has 5 nitrogen and oxygen atoms in total. The molecule has 2 atom stereocenters. The summed E-state index contributed by atoms with van der Waals surface area (Å²) in [5, 5.41) is 2.08. The van der Waals surface area contributed by atoms with E-state index in [2.05, 4.69) is 27.4 Å². The lowest BCUT2D eigenvalue weighted by Gasteiger charge is -2.47. The van der Waals surface area contributed by atoms with Gasteiger partial charge in [-0.05, 0) is 48.8 Å². The van der Waals surface area contributed by atoms with Crippen LogP contribution in [0.2, 0.25) is 0 Å². The molecule has 0 aliphatic carbocycles. The Labute approximate surface area is 151 Å². The predicted molar refractivity (Wildman–Crippen MR) is 97.6 cm³/mol. The average molecular weight is 357 g/mol. The maximum absolute atomic E-state index is 12.6. The van der Waals surface area contributed by atoms with Gasteiger partial charge in [-0.3, -0.25) is 9.59 Å². The van der Waals surface area contributed by atoms with Crippen LogP contribution in [0.15, 0.2) is 35.8 Å². The second-order valence-electron chi connectivity index (χ2n) is 6.91. The Bertz CT molecular complexity index is 726. The van der Waals surface area contributed by atoms with Crippen LogP contribution >= 0.6 is 11.3 Å². The molecule has 0 radical (unpaired) electrons. The number of nitrogens with zero attached hydrogens (tertiary/aromatic N) is 2. The van der Waals surface area contributed by atoms with Gasteiger partial charge >= 0.3 is 0 Å². The molecule has 2 aromatic rings. The van der Waals surface area contributed by atoms with E-state index in [1.807, 2.05) is 17.0 Å². The third-order valence-corrected chi connectivity index (χ3v) is 6.37. The molecule has 4 heterocycles. The minimum Gasteiger partial charge on any atom is -0.357 e. The van der Waals surface area contributed by atoms with Gasteiger partial charge in [-0.2, -0.15) is 0 Å². The van der Waals surface area contributed by atoms with Crippen LogP contribution in [0.25, 0.3) is 0 Å². The van der Waals surface area contributed by atoms with E-state index in [1.165, 1.54) is 4.88 Å². The topological polar surface area (TPSA) is 56.4 Å². The summed E-state index contributed by atoms with van der Waals surface area (Å²) in [6, 6.07) is 8.16. The van der Waals surface area contributed by atoms with E-state index in [9.17, 15) is 9.59 Å². The van der Waals surface area contributed by atoms with Crippen molar-refractivity contribution >= 4 is 23.2 Å². The lowest BCUT2D eigenvalue weighted by Crippen LogP contribution is -2.57. The molecular weight excluding hydrogens is 334 g/mol. The molecule has 6 heteroatoms. The number of carbonyl (C=O) groups is 2. The minimum atomic E-state index is 0.0745. The molecule has 2 saturated heterocycles. The zero-order valence-corrected chi connectivity index (χ0v) is 15.0. The van der Waals surface area contributed by atoms with Gasteiger partial charge < -0.3 is 14.8 Å². The van der Waals surface area contributed by atoms with Crippen molar-refractivity contribution in [2.75, 3.05) is 19.6 Å². The summed E-state index contributed by atoms with van der Waals surface area (Å²) in [7, 11) is 0. The fourth-order valence-corrected chi connectivity index (χ4v) is 4.84. The van der Waals surface area contributed by atoms with E-state index >= 15 is 0 Å². The second-order valence-corrected chi connectivity index (χ2v) is 7.94. The highest BCUT2D eigenvalue weighted by molar-refractivity contribution is 7.09. The molecule has 0 spiro atoms. The number of H-pyrrole nitrogens is 1. The smallest absolute Gasteiger partial charge is 0.270 e. The van der Waals surface area contributed by atoms with Crippen LogP contribution < -0.4 is 0 Å². The number of fused-ring (bicyclic) bond motifs is 1. The van der Waals surface area contributed by atoms with Crippen LogP contribution in [0.4, 0.5) is 0 Å². The van der Waals surface area contributed by atoms with Crippen molar-refractivity contribution in [3.05, 3.63) is 46.4 Å². The Morgan fingerprint density at radius 1 is 1.28 bits per heavy atom. The van der Waals surface area contributed by atoms with Crippen LogP contribution in [0.1, 0.15) is 34.6 Å². The molecule has 25 heavy (non-hydrogen) atoms. The number of nitrogens with one attached hydrogen (secondary N) is 1. The average Bonchev–Trinajstić information content (AvgIpc) is 3.33. The van der Waals surface area contributed by atoms with Crippen LogP contribution in [0, 0.1) is 5.92 Å². The highest BCUT2D eigenvalue weighted by Gasteiger charge is 2.40. The summed E-state index contributed by atoms with van der Waals surface area (Å²) >= 11 is 1.75. The first kappa shape index (κ1) is 16.4. The van der Waals surface area contributed by atoms with E-state index in [-0.39, 0.29) is 17.9 Å². The molecule has 2 aromatic heterocycles. The molecule has 0 bridgehead atoms. The molecule has 0 unspecified atom stereocenters. The summed E-state index contributed by atoms with van der Waals surface area (Å²) in [4.78, 5) is 33.4. The van der Waals surface area contributed by atoms with Gasteiger partial charge in [0.1, 0.15) is 5.69 Å². The molecule has 0 saturated carbocycles. The van der Waals surface area contributed by atoms with Crippen molar-refractivity contribution in [2.24, 2.45) is 5.92 Å². The second kappa shape index (κ2) is 7.04. The lowest BCUT2D eigenvalue weighted by atomic mass is 9.83. The molecule has 4 rings (SSSR count). The van der Waals surface area contributed by atoms with Crippen molar-refractivity contribution in [3.8, 4) is 0 Å². The standard InChI is InChI=1S/C19H23N3O2S/c23-18-6-5-14-13-21(19(24)16-4-1-9-20-16)10-8-17(14)22(18)11-7-15-3-2-12-25-15/h1-4,9,12,14,17,20H,5-8,10-11,13H2/t14-,17+/m0/s1. The summed E-state index contributed by atoms with van der Waals surface area (Å²) in [5.41, 5.74) is 0.653. The van der Waals surface area contributed by atoms with Crippen molar-refractivity contribution in [3.63, 3.8) is 0 Å². The van der Waals surface area contributed by atoms with Gasteiger partial charge in [0.2, 0.25) is 5.91 Å². The maximum atomic E-state index is 12.6. The van der Waals surface area contributed by atoms with Gasteiger partial charge in [0.05, 0.1) is 0 Å². The fourth-order valence-electron chi connectivity index (χ4n) is 4.15. The molecule has 2 amide bonds. The van der Waals surface area contributed by atoms with Gasteiger partial charge in [-0.1, -0.05) is 6.07 Å². The first-order chi connectivity index (χ1) is 12.2. The van der Waals surface area contributed by atoms with Crippen LogP contribution in [0.5, 0.6) is 0 Å². The van der Waals surface area contributed by atoms with Crippen molar-refractivity contribution in [1.82, 2.24) is 14.8 Å². The number of piperidine rings is 2. The Hall–Kier alpha value is -2.08. The summed E-state index contributed by atoms with van der Waals surface area (Å²) in [6.07, 6.45) is 5.10. The third kappa shape index (κ3) is 3.35. The van der Waals surface area contributed by atoms with E-state index in [1.54, 1.807) is 17.5 Å². The Morgan fingerprint density at radius 3 is 2.96 bits per heavy atom. The molecule has 2 aliphatic rings. The SMILES string of the molecule is O=C(c1ccc[nH]1)N1CC[C@@H]2[C@@H](CCC(=O)N2CCc2cccs2)C1.